The average Bonchev–Trinajstić information content (AvgIpc) is 3.54. The van der Waals surface area contributed by atoms with Crippen molar-refractivity contribution in [1.29, 1.82) is 0 Å². The number of ether oxygens (including phenoxy) is 4. The maximum Gasteiger partial charge on any atom is 0.322 e. The lowest BCUT2D eigenvalue weighted by Gasteiger charge is -2.17. The van der Waals surface area contributed by atoms with E-state index in [-0.39, 0.29) is 29.9 Å². The Balaban J connectivity index is 1.35. The summed E-state index contributed by atoms with van der Waals surface area (Å²) in [6.07, 6.45) is 1.56. The second kappa shape index (κ2) is 11.4. The molecule has 1 saturated carbocycles. The SMILES string of the molecule is CCOC(=O)C1(C(=O)Nc2ccc(Oc3ccnc4cc(OCc5ccccc5)c(OC)cc34)c(F)c2)C(C)[C@H]1C. The molecule has 0 saturated heterocycles. The number of halogens is 1. The van der Waals surface area contributed by atoms with Crippen LogP contribution in [0.4, 0.5) is 10.1 Å². The van der Waals surface area contributed by atoms with Crippen molar-refractivity contribution in [2.24, 2.45) is 17.3 Å². The summed E-state index contributed by atoms with van der Waals surface area (Å²) < 4.78 is 37.8. The van der Waals surface area contributed by atoms with Gasteiger partial charge in [0.1, 0.15) is 12.4 Å². The van der Waals surface area contributed by atoms with Gasteiger partial charge in [0.05, 0.1) is 19.2 Å². The molecule has 8 nitrogen and oxygen atoms in total. The Morgan fingerprint density at radius 2 is 1.71 bits per heavy atom. The summed E-state index contributed by atoms with van der Waals surface area (Å²) in [5, 5.41) is 3.27. The quantitative estimate of drug-likeness (QED) is 0.175. The highest BCUT2D eigenvalue weighted by atomic mass is 19.1. The maximum atomic E-state index is 15.2. The second-order valence-electron chi connectivity index (χ2n) is 9.97. The van der Waals surface area contributed by atoms with E-state index in [9.17, 15) is 9.59 Å². The fourth-order valence-corrected chi connectivity index (χ4v) is 5.14. The van der Waals surface area contributed by atoms with Crippen LogP contribution in [0.5, 0.6) is 23.0 Å². The van der Waals surface area contributed by atoms with Crippen LogP contribution in [-0.4, -0.2) is 30.6 Å². The number of esters is 1. The standard InChI is InChI=1S/C32H31FN2O6/c1-5-39-31(37)32(19(2)20(32)3)30(36)35-22-11-12-27(24(33)15-22)41-26-13-14-34-25-17-29(28(38-4)16-23(25)26)40-18-21-9-7-6-8-10-21/h6-17,19-20H,5,18H2,1-4H3,(H,35,36)/t19-,20?,32?/m1/s1. The molecule has 212 valence electrons. The molecule has 4 aromatic rings. The lowest BCUT2D eigenvalue weighted by atomic mass is 10.0. The molecular formula is C32H31FN2O6. The summed E-state index contributed by atoms with van der Waals surface area (Å²) in [5.74, 6) is -0.834. The molecule has 41 heavy (non-hydrogen) atoms. The summed E-state index contributed by atoms with van der Waals surface area (Å²) in [6.45, 7) is 5.86. The van der Waals surface area contributed by atoms with Gasteiger partial charge in [-0.05, 0) is 48.6 Å². The zero-order valence-electron chi connectivity index (χ0n) is 23.3. The molecule has 3 atom stereocenters. The van der Waals surface area contributed by atoms with Crippen LogP contribution in [-0.2, 0) is 20.9 Å². The van der Waals surface area contributed by atoms with Gasteiger partial charge in [0, 0.05) is 29.4 Å². The van der Waals surface area contributed by atoms with Crippen LogP contribution < -0.4 is 19.5 Å². The van der Waals surface area contributed by atoms with Gasteiger partial charge in [-0.15, -0.1) is 0 Å². The average molecular weight is 559 g/mol. The molecule has 1 aromatic heterocycles. The normalized spacial score (nSPS) is 19.3. The zero-order valence-corrected chi connectivity index (χ0v) is 23.3. The Labute approximate surface area is 237 Å². The van der Waals surface area contributed by atoms with Crippen molar-refractivity contribution in [3.8, 4) is 23.0 Å². The van der Waals surface area contributed by atoms with Gasteiger partial charge in [-0.2, -0.15) is 0 Å². The Hall–Kier alpha value is -4.66. The highest BCUT2D eigenvalue weighted by Gasteiger charge is 2.71. The van der Waals surface area contributed by atoms with E-state index in [0.717, 1.165) is 11.6 Å². The van der Waals surface area contributed by atoms with E-state index >= 15 is 4.39 Å². The van der Waals surface area contributed by atoms with Gasteiger partial charge < -0.3 is 24.3 Å². The number of carbonyl (C=O) groups is 2. The molecule has 3 aromatic carbocycles. The van der Waals surface area contributed by atoms with Crippen molar-refractivity contribution in [2.45, 2.75) is 27.4 Å². The van der Waals surface area contributed by atoms with Crippen LogP contribution in [0.15, 0.2) is 72.9 Å². The van der Waals surface area contributed by atoms with E-state index in [0.29, 0.717) is 34.8 Å². The minimum atomic E-state index is -1.28. The monoisotopic (exact) mass is 558 g/mol. The number of hydrogen-bond donors (Lipinski definition) is 1. The summed E-state index contributed by atoms with van der Waals surface area (Å²) in [4.78, 5) is 30.1. The largest absolute Gasteiger partial charge is 0.493 e. The zero-order chi connectivity index (χ0) is 29.1. The van der Waals surface area contributed by atoms with Crippen molar-refractivity contribution in [2.75, 3.05) is 19.0 Å². The fourth-order valence-electron chi connectivity index (χ4n) is 5.14. The fraction of sp³-hybridized carbons (Fsp3) is 0.281. The molecule has 2 unspecified atom stereocenters. The van der Waals surface area contributed by atoms with E-state index in [4.69, 9.17) is 18.9 Å². The topological polar surface area (TPSA) is 96.0 Å². The number of nitrogens with one attached hydrogen (secondary N) is 1. The van der Waals surface area contributed by atoms with Gasteiger partial charge >= 0.3 is 5.97 Å². The molecule has 1 amide bonds. The number of fused-ring (bicyclic) bond motifs is 1. The lowest BCUT2D eigenvalue weighted by Crippen LogP contribution is -2.35. The molecule has 0 radical (unpaired) electrons. The molecule has 5 rings (SSSR count). The Morgan fingerprint density at radius 3 is 2.37 bits per heavy atom. The number of benzene rings is 3. The lowest BCUT2D eigenvalue weighted by molar-refractivity contribution is -0.154. The molecule has 0 bridgehead atoms. The van der Waals surface area contributed by atoms with Crippen LogP contribution in [0.2, 0.25) is 0 Å². The molecule has 1 fully saturated rings. The van der Waals surface area contributed by atoms with Crippen molar-refractivity contribution in [1.82, 2.24) is 4.98 Å². The van der Waals surface area contributed by atoms with Gasteiger partial charge in [0.25, 0.3) is 0 Å². The minimum Gasteiger partial charge on any atom is -0.493 e. The Morgan fingerprint density at radius 1 is 0.951 bits per heavy atom. The molecule has 0 spiro atoms. The molecule has 1 heterocycles. The van der Waals surface area contributed by atoms with Crippen LogP contribution in [0, 0.1) is 23.1 Å². The number of amides is 1. The first-order valence-corrected chi connectivity index (χ1v) is 13.4. The number of nitrogens with zero attached hydrogens (tertiary/aromatic N) is 1. The van der Waals surface area contributed by atoms with E-state index in [1.54, 1.807) is 31.3 Å². The third-order valence-electron chi connectivity index (χ3n) is 7.70. The number of rotatable bonds is 10. The molecule has 9 heteroatoms. The molecule has 0 aliphatic heterocycles. The number of hydrogen-bond acceptors (Lipinski definition) is 7. The second-order valence-corrected chi connectivity index (χ2v) is 9.97. The number of methoxy groups -OCH3 is 1. The molecule has 1 aliphatic carbocycles. The first-order chi connectivity index (χ1) is 19.8. The summed E-state index contributed by atoms with van der Waals surface area (Å²) in [6, 6.07) is 19.0. The molecular weight excluding hydrogens is 527 g/mol. The van der Waals surface area contributed by atoms with Crippen molar-refractivity contribution in [3.63, 3.8) is 0 Å². The van der Waals surface area contributed by atoms with Crippen LogP contribution in [0.25, 0.3) is 10.9 Å². The predicted molar refractivity (Wildman–Crippen MR) is 152 cm³/mol. The van der Waals surface area contributed by atoms with E-state index in [1.807, 2.05) is 44.2 Å². The predicted octanol–water partition coefficient (Wildman–Crippen LogP) is 6.53. The molecule has 1 N–H and O–H groups in total. The maximum absolute atomic E-state index is 15.2. The van der Waals surface area contributed by atoms with Gasteiger partial charge in [0.15, 0.2) is 28.5 Å². The third-order valence-corrected chi connectivity index (χ3v) is 7.70. The van der Waals surface area contributed by atoms with E-state index in [1.165, 1.54) is 19.2 Å². The van der Waals surface area contributed by atoms with E-state index in [2.05, 4.69) is 10.3 Å². The number of anilines is 1. The van der Waals surface area contributed by atoms with Crippen molar-refractivity contribution in [3.05, 3.63) is 84.3 Å². The van der Waals surface area contributed by atoms with Gasteiger partial charge in [0.2, 0.25) is 5.91 Å². The third kappa shape index (κ3) is 5.27. The number of carbonyl (C=O) groups excluding carboxylic acids is 2. The summed E-state index contributed by atoms with van der Waals surface area (Å²) >= 11 is 0. The first-order valence-electron chi connectivity index (χ1n) is 13.4. The number of aromatic nitrogens is 1. The van der Waals surface area contributed by atoms with Gasteiger partial charge in [-0.1, -0.05) is 44.2 Å². The molecule has 1 aliphatic rings. The highest BCUT2D eigenvalue weighted by molar-refractivity contribution is 6.12. The first kappa shape index (κ1) is 27.9. The highest BCUT2D eigenvalue weighted by Crippen LogP contribution is 2.59. The van der Waals surface area contributed by atoms with Crippen molar-refractivity contribution >= 4 is 28.5 Å². The Bertz CT molecular complexity index is 1580. The van der Waals surface area contributed by atoms with Gasteiger partial charge in [-0.3, -0.25) is 14.6 Å². The van der Waals surface area contributed by atoms with Crippen LogP contribution in [0.1, 0.15) is 26.3 Å². The van der Waals surface area contributed by atoms with Crippen LogP contribution in [0.3, 0.4) is 0 Å². The summed E-state index contributed by atoms with van der Waals surface area (Å²) in [5.41, 5.74) is 0.510. The van der Waals surface area contributed by atoms with Gasteiger partial charge in [-0.25, -0.2) is 4.39 Å². The smallest absolute Gasteiger partial charge is 0.322 e. The van der Waals surface area contributed by atoms with E-state index < -0.39 is 23.1 Å². The number of pyridine rings is 1. The van der Waals surface area contributed by atoms with Crippen LogP contribution >= 0.6 is 0 Å². The minimum absolute atomic E-state index is 0.0490. The summed E-state index contributed by atoms with van der Waals surface area (Å²) in [7, 11) is 1.54. The Kier molecular flexibility index (Phi) is 7.79. The van der Waals surface area contributed by atoms with Crippen molar-refractivity contribution < 1.29 is 32.9 Å².